The van der Waals surface area contributed by atoms with Gasteiger partial charge in [0.2, 0.25) is 0 Å². The van der Waals surface area contributed by atoms with Gasteiger partial charge in [0.25, 0.3) is 11.8 Å². The molecule has 0 atom stereocenters. The first-order valence-corrected chi connectivity index (χ1v) is 9.22. The van der Waals surface area contributed by atoms with Gasteiger partial charge in [0.05, 0.1) is 12.0 Å². The Morgan fingerprint density at radius 2 is 1.63 bits per heavy atom. The van der Waals surface area contributed by atoms with Gasteiger partial charge in [-0.3, -0.25) is 9.59 Å². The van der Waals surface area contributed by atoms with Gasteiger partial charge in [-0.25, -0.2) is 0 Å². The van der Waals surface area contributed by atoms with Crippen molar-refractivity contribution in [3.63, 3.8) is 0 Å². The monoisotopic (exact) mass is 380 g/mol. The fraction of sp³-hybridized carbons (Fsp3) is 0.143. The van der Waals surface area contributed by atoms with Crippen LogP contribution in [0, 0.1) is 6.92 Å². The van der Waals surface area contributed by atoms with Crippen LogP contribution in [0.4, 0.5) is 5.69 Å². The number of anilines is 1. The number of ether oxygens (including phenoxy) is 1. The second-order valence-electron chi connectivity index (χ2n) is 5.92. The molecule has 0 bridgehead atoms. The second kappa shape index (κ2) is 8.05. The third-order valence-corrected chi connectivity index (χ3v) is 5.22. The van der Waals surface area contributed by atoms with Crippen molar-refractivity contribution in [2.24, 2.45) is 0 Å². The molecule has 1 heterocycles. The molecule has 3 aromatic rings. The minimum atomic E-state index is -0.171. The van der Waals surface area contributed by atoms with Gasteiger partial charge in [0.15, 0.2) is 0 Å². The van der Waals surface area contributed by atoms with E-state index in [9.17, 15) is 9.59 Å². The first-order valence-electron chi connectivity index (χ1n) is 8.40. The molecule has 0 aliphatic carbocycles. The highest BCUT2D eigenvalue weighted by Gasteiger charge is 2.14. The van der Waals surface area contributed by atoms with Crippen LogP contribution >= 0.6 is 11.3 Å². The van der Waals surface area contributed by atoms with Crippen molar-refractivity contribution >= 4 is 28.8 Å². The molecule has 0 aliphatic rings. The van der Waals surface area contributed by atoms with E-state index in [2.05, 4.69) is 10.6 Å². The van der Waals surface area contributed by atoms with Crippen molar-refractivity contribution in [3.05, 3.63) is 69.9 Å². The predicted molar refractivity (Wildman–Crippen MR) is 109 cm³/mol. The maximum absolute atomic E-state index is 12.6. The molecule has 0 saturated heterocycles. The summed E-state index contributed by atoms with van der Waals surface area (Å²) in [4.78, 5) is 25.9. The normalized spacial score (nSPS) is 10.3. The topological polar surface area (TPSA) is 67.4 Å². The fourth-order valence-corrected chi connectivity index (χ4v) is 3.63. The average Bonchev–Trinajstić information content (AvgIpc) is 3.10. The lowest BCUT2D eigenvalue weighted by Crippen LogP contribution is -2.17. The third kappa shape index (κ3) is 4.17. The number of carbonyl (C=O) groups excluding carboxylic acids is 2. The number of benzene rings is 2. The van der Waals surface area contributed by atoms with E-state index in [-0.39, 0.29) is 11.8 Å². The SMILES string of the molecule is CNC(=O)c1ccc(NC(=O)c2cc(-c3ccc(OC)cc3)c(C)s2)cc1. The molecule has 3 rings (SSSR count). The van der Waals surface area contributed by atoms with E-state index in [0.29, 0.717) is 16.1 Å². The van der Waals surface area contributed by atoms with Gasteiger partial charge in [-0.1, -0.05) is 12.1 Å². The number of thiophene rings is 1. The minimum Gasteiger partial charge on any atom is -0.497 e. The van der Waals surface area contributed by atoms with E-state index in [4.69, 9.17) is 4.74 Å². The number of hydrogen-bond acceptors (Lipinski definition) is 4. The molecule has 0 radical (unpaired) electrons. The molecule has 1 aromatic heterocycles. The number of nitrogens with one attached hydrogen (secondary N) is 2. The Bertz CT molecular complexity index is 960. The van der Waals surface area contributed by atoms with E-state index < -0.39 is 0 Å². The van der Waals surface area contributed by atoms with Crippen LogP contribution < -0.4 is 15.4 Å². The quantitative estimate of drug-likeness (QED) is 0.692. The first-order chi connectivity index (χ1) is 13.0. The van der Waals surface area contributed by atoms with Crippen LogP contribution in [0.15, 0.2) is 54.6 Å². The second-order valence-corrected chi connectivity index (χ2v) is 7.18. The van der Waals surface area contributed by atoms with Crippen molar-refractivity contribution < 1.29 is 14.3 Å². The molecule has 2 aromatic carbocycles. The highest BCUT2D eigenvalue weighted by atomic mass is 32.1. The third-order valence-electron chi connectivity index (χ3n) is 4.17. The van der Waals surface area contributed by atoms with Gasteiger partial charge in [0.1, 0.15) is 5.75 Å². The van der Waals surface area contributed by atoms with E-state index in [0.717, 1.165) is 21.8 Å². The van der Waals surface area contributed by atoms with Crippen molar-refractivity contribution in [2.75, 3.05) is 19.5 Å². The molecule has 27 heavy (non-hydrogen) atoms. The van der Waals surface area contributed by atoms with Crippen LogP contribution in [0.2, 0.25) is 0 Å². The standard InChI is InChI=1S/C21H20N2O3S/c1-13-18(14-6-10-17(26-3)11-7-14)12-19(27-13)21(25)23-16-8-4-15(5-9-16)20(24)22-2/h4-12H,1-3H3,(H,22,24)(H,23,25). The summed E-state index contributed by atoms with van der Waals surface area (Å²) in [6.07, 6.45) is 0. The van der Waals surface area contributed by atoms with Gasteiger partial charge in [-0.15, -0.1) is 11.3 Å². The Kier molecular flexibility index (Phi) is 5.57. The van der Waals surface area contributed by atoms with Crippen molar-refractivity contribution in [1.82, 2.24) is 5.32 Å². The molecule has 2 amide bonds. The summed E-state index contributed by atoms with van der Waals surface area (Å²) in [5.74, 6) is 0.464. The Hall–Kier alpha value is -3.12. The van der Waals surface area contributed by atoms with Gasteiger partial charge in [0, 0.05) is 23.2 Å². The van der Waals surface area contributed by atoms with Gasteiger partial charge in [-0.05, 0) is 60.5 Å². The lowest BCUT2D eigenvalue weighted by atomic mass is 10.1. The molecule has 6 heteroatoms. The van der Waals surface area contributed by atoms with Crippen LogP contribution in [0.5, 0.6) is 5.75 Å². The highest BCUT2D eigenvalue weighted by molar-refractivity contribution is 7.14. The van der Waals surface area contributed by atoms with Gasteiger partial charge >= 0.3 is 0 Å². The first kappa shape index (κ1) is 18.7. The maximum Gasteiger partial charge on any atom is 0.265 e. The number of hydrogen-bond donors (Lipinski definition) is 2. The number of methoxy groups -OCH3 is 1. The summed E-state index contributed by atoms with van der Waals surface area (Å²) in [5.41, 5.74) is 3.26. The number of amides is 2. The molecule has 5 nitrogen and oxygen atoms in total. The summed E-state index contributed by atoms with van der Waals surface area (Å²) >= 11 is 1.45. The largest absolute Gasteiger partial charge is 0.497 e. The predicted octanol–water partition coefficient (Wildman–Crippen LogP) is 4.34. The number of rotatable bonds is 5. The summed E-state index contributed by atoms with van der Waals surface area (Å²) in [6.45, 7) is 2.00. The minimum absolute atomic E-state index is 0.161. The molecule has 0 unspecified atom stereocenters. The van der Waals surface area contributed by atoms with Crippen molar-refractivity contribution in [3.8, 4) is 16.9 Å². The Morgan fingerprint density at radius 3 is 2.22 bits per heavy atom. The van der Waals surface area contributed by atoms with Crippen LogP contribution in [-0.2, 0) is 0 Å². The number of carbonyl (C=O) groups is 2. The van der Waals surface area contributed by atoms with Crippen LogP contribution in [-0.4, -0.2) is 26.0 Å². The van der Waals surface area contributed by atoms with Crippen LogP contribution in [0.25, 0.3) is 11.1 Å². The fourth-order valence-electron chi connectivity index (χ4n) is 2.69. The summed E-state index contributed by atoms with van der Waals surface area (Å²) in [5, 5.41) is 5.44. The molecule has 0 fully saturated rings. The van der Waals surface area contributed by atoms with Crippen LogP contribution in [0.1, 0.15) is 24.9 Å². The Morgan fingerprint density at radius 1 is 0.963 bits per heavy atom. The molecular weight excluding hydrogens is 360 g/mol. The molecule has 0 spiro atoms. The summed E-state index contributed by atoms with van der Waals surface area (Å²) in [6, 6.07) is 16.4. The Labute approximate surface area is 162 Å². The van der Waals surface area contributed by atoms with E-state index in [1.807, 2.05) is 37.3 Å². The zero-order valence-electron chi connectivity index (χ0n) is 15.3. The number of aryl methyl sites for hydroxylation is 1. The maximum atomic E-state index is 12.6. The van der Waals surface area contributed by atoms with Crippen molar-refractivity contribution in [1.29, 1.82) is 0 Å². The van der Waals surface area contributed by atoms with Crippen LogP contribution in [0.3, 0.4) is 0 Å². The smallest absolute Gasteiger partial charge is 0.265 e. The van der Waals surface area contributed by atoms with E-state index >= 15 is 0 Å². The molecule has 138 valence electrons. The molecule has 0 aliphatic heterocycles. The average molecular weight is 380 g/mol. The zero-order valence-corrected chi connectivity index (χ0v) is 16.1. The summed E-state index contributed by atoms with van der Waals surface area (Å²) in [7, 11) is 3.21. The molecule has 2 N–H and O–H groups in total. The Balaban J connectivity index is 1.76. The molecule has 0 saturated carbocycles. The summed E-state index contributed by atoms with van der Waals surface area (Å²) < 4.78 is 5.19. The van der Waals surface area contributed by atoms with Gasteiger partial charge in [-0.2, -0.15) is 0 Å². The van der Waals surface area contributed by atoms with Crippen molar-refractivity contribution in [2.45, 2.75) is 6.92 Å². The highest BCUT2D eigenvalue weighted by Crippen LogP contribution is 2.32. The molecular formula is C21H20N2O3S. The van der Waals surface area contributed by atoms with E-state index in [1.165, 1.54) is 11.3 Å². The lowest BCUT2D eigenvalue weighted by molar-refractivity contribution is 0.0962. The zero-order chi connectivity index (χ0) is 19.4. The van der Waals surface area contributed by atoms with E-state index in [1.54, 1.807) is 38.4 Å². The van der Waals surface area contributed by atoms with Gasteiger partial charge < -0.3 is 15.4 Å². The lowest BCUT2D eigenvalue weighted by Gasteiger charge is -2.05.